The lowest BCUT2D eigenvalue weighted by molar-refractivity contribution is -0.0866. The van der Waals surface area contributed by atoms with Crippen LogP contribution in [0.1, 0.15) is 34.1 Å². The molecule has 0 bridgehead atoms. The van der Waals surface area contributed by atoms with Crippen molar-refractivity contribution in [3.8, 4) is 0 Å². The summed E-state index contributed by atoms with van der Waals surface area (Å²) in [6.45, 7) is 12.5. The van der Waals surface area contributed by atoms with E-state index in [2.05, 4.69) is 37.9 Å². The molecule has 1 saturated heterocycles. The lowest BCUT2D eigenvalue weighted by Crippen LogP contribution is -2.49. The summed E-state index contributed by atoms with van der Waals surface area (Å²) in [5.74, 6) is 0. The highest BCUT2D eigenvalue weighted by atomic mass is 16.5. The zero-order valence-corrected chi connectivity index (χ0v) is 11.7. The van der Waals surface area contributed by atoms with E-state index in [9.17, 15) is 5.11 Å². The SMILES string of the molecule is CC(C)NC(CO)CCN1CCOC(C)(C)C1. The second kappa shape index (κ2) is 6.69. The first-order valence-electron chi connectivity index (χ1n) is 6.66. The molecule has 4 heteroatoms. The Morgan fingerprint density at radius 1 is 1.41 bits per heavy atom. The number of aliphatic hydroxyl groups excluding tert-OH is 1. The smallest absolute Gasteiger partial charge is 0.0753 e. The number of hydrogen-bond acceptors (Lipinski definition) is 4. The average Bonchev–Trinajstić information content (AvgIpc) is 2.22. The van der Waals surface area contributed by atoms with E-state index in [1.54, 1.807) is 0 Å². The maximum atomic E-state index is 9.30. The van der Waals surface area contributed by atoms with E-state index in [0.717, 1.165) is 32.7 Å². The molecule has 1 fully saturated rings. The molecule has 0 radical (unpaired) electrons. The highest BCUT2D eigenvalue weighted by Gasteiger charge is 2.27. The molecule has 1 atom stereocenters. The molecule has 0 aromatic carbocycles. The predicted octanol–water partition coefficient (Wildman–Crippen LogP) is 0.846. The number of rotatable bonds is 6. The number of hydrogen-bond donors (Lipinski definition) is 2. The monoisotopic (exact) mass is 244 g/mol. The van der Waals surface area contributed by atoms with Gasteiger partial charge in [-0.25, -0.2) is 0 Å². The fraction of sp³-hybridized carbons (Fsp3) is 1.00. The summed E-state index contributed by atoms with van der Waals surface area (Å²) in [5.41, 5.74) is -0.0293. The van der Waals surface area contributed by atoms with Crippen LogP contribution in [0.5, 0.6) is 0 Å². The first-order valence-corrected chi connectivity index (χ1v) is 6.66. The van der Waals surface area contributed by atoms with Crippen LogP contribution in [0.25, 0.3) is 0 Å². The first kappa shape index (κ1) is 14.9. The van der Waals surface area contributed by atoms with Crippen molar-refractivity contribution in [2.45, 2.75) is 51.8 Å². The van der Waals surface area contributed by atoms with Gasteiger partial charge in [-0.3, -0.25) is 4.90 Å². The number of ether oxygens (including phenoxy) is 1. The maximum Gasteiger partial charge on any atom is 0.0753 e. The number of nitrogens with zero attached hydrogens (tertiary/aromatic N) is 1. The van der Waals surface area contributed by atoms with Gasteiger partial charge in [0.05, 0.1) is 18.8 Å². The van der Waals surface area contributed by atoms with Gasteiger partial charge < -0.3 is 15.2 Å². The van der Waals surface area contributed by atoms with E-state index in [4.69, 9.17) is 4.74 Å². The quantitative estimate of drug-likeness (QED) is 0.727. The molecule has 0 aromatic heterocycles. The Labute approximate surface area is 105 Å². The minimum atomic E-state index is -0.0293. The van der Waals surface area contributed by atoms with Crippen LogP contribution in [0.15, 0.2) is 0 Å². The van der Waals surface area contributed by atoms with Crippen molar-refractivity contribution in [2.24, 2.45) is 0 Å². The Kier molecular flexibility index (Phi) is 5.86. The summed E-state index contributed by atoms with van der Waals surface area (Å²) < 4.78 is 5.69. The fourth-order valence-electron chi connectivity index (χ4n) is 2.34. The fourth-order valence-corrected chi connectivity index (χ4v) is 2.34. The standard InChI is InChI=1S/C13H28N2O2/c1-11(2)14-12(9-16)5-6-15-7-8-17-13(3,4)10-15/h11-12,14,16H,5-10H2,1-4H3. The van der Waals surface area contributed by atoms with Crippen LogP contribution in [-0.4, -0.2) is 60.5 Å². The molecule has 0 amide bonds. The molecule has 0 saturated carbocycles. The molecule has 1 aliphatic heterocycles. The van der Waals surface area contributed by atoms with Gasteiger partial charge in [-0.05, 0) is 26.8 Å². The van der Waals surface area contributed by atoms with E-state index in [-0.39, 0.29) is 18.2 Å². The van der Waals surface area contributed by atoms with E-state index in [0.29, 0.717) is 6.04 Å². The molecular weight excluding hydrogens is 216 g/mol. The second-order valence-corrected chi connectivity index (χ2v) is 5.87. The normalized spacial score (nSPS) is 22.9. The lowest BCUT2D eigenvalue weighted by Gasteiger charge is -2.38. The summed E-state index contributed by atoms with van der Waals surface area (Å²) in [4.78, 5) is 2.42. The summed E-state index contributed by atoms with van der Waals surface area (Å²) >= 11 is 0. The van der Waals surface area contributed by atoms with Crippen molar-refractivity contribution in [1.82, 2.24) is 10.2 Å². The van der Waals surface area contributed by atoms with Crippen molar-refractivity contribution in [3.05, 3.63) is 0 Å². The number of aliphatic hydroxyl groups is 1. The highest BCUT2D eigenvalue weighted by Crippen LogP contribution is 2.16. The first-order chi connectivity index (χ1) is 7.93. The largest absolute Gasteiger partial charge is 0.395 e. The van der Waals surface area contributed by atoms with Gasteiger partial charge in [0.2, 0.25) is 0 Å². The predicted molar refractivity (Wildman–Crippen MR) is 70.2 cm³/mol. The van der Waals surface area contributed by atoms with Crippen LogP contribution in [-0.2, 0) is 4.74 Å². The molecule has 0 aromatic rings. The Balaban J connectivity index is 2.28. The van der Waals surface area contributed by atoms with E-state index >= 15 is 0 Å². The molecule has 0 aliphatic carbocycles. The van der Waals surface area contributed by atoms with E-state index in [1.807, 2.05) is 0 Å². The molecule has 1 unspecified atom stereocenters. The van der Waals surface area contributed by atoms with Gasteiger partial charge in [-0.1, -0.05) is 13.8 Å². The van der Waals surface area contributed by atoms with Gasteiger partial charge in [0, 0.05) is 25.2 Å². The summed E-state index contributed by atoms with van der Waals surface area (Å²) in [6, 6.07) is 0.634. The Morgan fingerprint density at radius 2 is 2.12 bits per heavy atom. The molecule has 102 valence electrons. The average molecular weight is 244 g/mol. The van der Waals surface area contributed by atoms with Crippen molar-refractivity contribution >= 4 is 0 Å². The topological polar surface area (TPSA) is 44.7 Å². The van der Waals surface area contributed by atoms with Gasteiger partial charge in [-0.15, -0.1) is 0 Å². The van der Waals surface area contributed by atoms with Crippen molar-refractivity contribution in [3.63, 3.8) is 0 Å². The summed E-state index contributed by atoms with van der Waals surface area (Å²) in [6.07, 6.45) is 0.991. The third kappa shape index (κ3) is 5.82. The van der Waals surface area contributed by atoms with Crippen LogP contribution < -0.4 is 5.32 Å². The third-order valence-corrected chi connectivity index (χ3v) is 3.09. The minimum absolute atomic E-state index is 0.0293. The zero-order chi connectivity index (χ0) is 12.9. The van der Waals surface area contributed by atoms with Crippen LogP contribution in [0.3, 0.4) is 0 Å². The van der Waals surface area contributed by atoms with Crippen molar-refractivity contribution in [1.29, 1.82) is 0 Å². The Morgan fingerprint density at radius 3 is 2.65 bits per heavy atom. The third-order valence-electron chi connectivity index (χ3n) is 3.09. The number of morpholine rings is 1. The molecule has 1 heterocycles. The molecule has 0 spiro atoms. The highest BCUT2D eigenvalue weighted by molar-refractivity contribution is 4.80. The Bertz CT molecular complexity index is 219. The van der Waals surface area contributed by atoms with Gasteiger partial charge >= 0.3 is 0 Å². The molecule has 2 N–H and O–H groups in total. The van der Waals surface area contributed by atoms with Crippen molar-refractivity contribution in [2.75, 3.05) is 32.8 Å². The summed E-state index contributed by atoms with van der Waals surface area (Å²) in [5, 5.41) is 12.7. The van der Waals surface area contributed by atoms with Crippen LogP contribution in [0, 0.1) is 0 Å². The van der Waals surface area contributed by atoms with E-state index in [1.165, 1.54) is 0 Å². The van der Waals surface area contributed by atoms with Gasteiger partial charge in [0.25, 0.3) is 0 Å². The van der Waals surface area contributed by atoms with Crippen LogP contribution in [0.4, 0.5) is 0 Å². The lowest BCUT2D eigenvalue weighted by atomic mass is 10.1. The number of nitrogens with one attached hydrogen (secondary N) is 1. The molecule has 17 heavy (non-hydrogen) atoms. The maximum absolute atomic E-state index is 9.30. The van der Waals surface area contributed by atoms with Gasteiger partial charge in [0.1, 0.15) is 0 Å². The van der Waals surface area contributed by atoms with Gasteiger partial charge in [-0.2, -0.15) is 0 Å². The molecule has 4 nitrogen and oxygen atoms in total. The Hall–Kier alpha value is -0.160. The van der Waals surface area contributed by atoms with Crippen LogP contribution >= 0.6 is 0 Å². The van der Waals surface area contributed by atoms with Gasteiger partial charge in [0.15, 0.2) is 0 Å². The zero-order valence-electron chi connectivity index (χ0n) is 11.7. The van der Waals surface area contributed by atoms with E-state index < -0.39 is 0 Å². The minimum Gasteiger partial charge on any atom is -0.395 e. The molecular formula is C13H28N2O2. The second-order valence-electron chi connectivity index (χ2n) is 5.87. The summed E-state index contributed by atoms with van der Waals surface area (Å²) in [7, 11) is 0. The van der Waals surface area contributed by atoms with Crippen molar-refractivity contribution < 1.29 is 9.84 Å². The molecule has 1 aliphatic rings. The van der Waals surface area contributed by atoms with Crippen LogP contribution in [0.2, 0.25) is 0 Å². The molecule has 1 rings (SSSR count).